The van der Waals surface area contributed by atoms with Gasteiger partial charge in [-0.1, -0.05) is 30.3 Å². The Morgan fingerprint density at radius 2 is 1.72 bits per heavy atom. The Morgan fingerprint density at radius 3 is 2.36 bits per heavy atom. The Kier molecular flexibility index (Phi) is 7.40. The van der Waals surface area contributed by atoms with Crippen molar-refractivity contribution >= 4 is 17.8 Å². The summed E-state index contributed by atoms with van der Waals surface area (Å²) >= 11 is 0. The molecule has 0 aliphatic carbocycles. The van der Waals surface area contributed by atoms with E-state index in [2.05, 4.69) is 10.6 Å². The van der Waals surface area contributed by atoms with Gasteiger partial charge in [0.1, 0.15) is 0 Å². The van der Waals surface area contributed by atoms with Crippen LogP contribution >= 0.6 is 0 Å². The first-order valence-corrected chi connectivity index (χ1v) is 8.70. The number of benzene rings is 1. The molecule has 1 aliphatic rings. The molecular weight excluding hydrogens is 320 g/mol. The highest BCUT2D eigenvalue weighted by atomic mass is 16.2. The fourth-order valence-electron chi connectivity index (χ4n) is 2.78. The third-order valence-corrected chi connectivity index (χ3v) is 4.15. The molecule has 1 saturated heterocycles. The Morgan fingerprint density at radius 1 is 1.04 bits per heavy atom. The number of amides is 4. The Balaban J connectivity index is 1.67. The number of urea groups is 1. The van der Waals surface area contributed by atoms with Gasteiger partial charge in [-0.2, -0.15) is 0 Å². The first-order chi connectivity index (χ1) is 12.1. The summed E-state index contributed by atoms with van der Waals surface area (Å²) < 4.78 is 0. The maximum Gasteiger partial charge on any atom is 0.321 e. The third-order valence-electron chi connectivity index (χ3n) is 4.15. The zero-order chi connectivity index (χ0) is 18.1. The van der Waals surface area contributed by atoms with Crippen LogP contribution in [0.3, 0.4) is 0 Å². The highest BCUT2D eigenvalue weighted by Gasteiger charge is 2.22. The third kappa shape index (κ3) is 6.54. The number of nitrogens with zero attached hydrogens (tertiary/aromatic N) is 2. The molecule has 2 N–H and O–H groups in total. The molecule has 1 aromatic carbocycles. The van der Waals surface area contributed by atoms with Crippen LogP contribution in [0.4, 0.5) is 4.79 Å². The number of rotatable bonds is 6. The van der Waals surface area contributed by atoms with Gasteiger partial charge in [-0.15, -0.1) is 0 Å². The predicted molar refractivity (Wildman–Crippen MR) is 95.0 cm³/mol. The van der Waals surface area contributed by atoms with Crippen LogP contribution in [0.1, 0.15) is 18.9 Å². The number of hydrogen-bond acceptors (Lipinski definition) is 4. The van der Waals surface area contributed by atoms with Gasteiger partial charge in [0.2, 0.25) is 11.8 Å². The Labute approximate surface area is 148 Å². The smallest absolute Gasteiger partial charge is 0.321 e. The molecule has 1 heterocycles. The number of hydrogen-bond donors (Lipinski definition) is 2. The molecule has 0 aromatic heterocycles. The van der Waals surface area contributed by atoms with E-state index in [0.29, 0.717) is 39.1 Å². The SMILES string of the molecule is CCNC(=O)NC(=O)CN1CCN(C(=O)CCc2ccccc2)CC1. The van der Waals surface area contributed by atoms with Crippen LogP contribution in [-0.2, 0) is 16.0 Å². The lowest BCUT2D eigenvalue weighted by Crippen LogP contribution is -2.52. The van der Waals surface area contributed by atoms with Crippen LogP contribution in [0.2, 0.25) is 0 Å². The fourth-order valence-corrected chi connectivity index (χ4v) is 2.78. The van der Waals surface area contributed by atoms with Gasteiger partial charge in [-0.05, 0) is 18.9 Å². The second-order valence-corrected chi connectivity index (χ2v) is 6.05. The lowest BCUT2D eigenvalue weighted by molar-refractivity contribution is -0.133. The Hall–Kier alpha value is -2.41. The highest BCUT2D eigenvalue weighted by molar-refractivity contribution is 5.95. The van der Waals surface area contributed by atoms with Crippen molar-refractivity contribution in [2.45, 2.75) is 19.8 Å². The fraction of sp³-hybridized carbons (Fsp3) is 0.500. The summed E-state index contributed by atoms with van der Waals surface area (Å²) in [4.78, 5) is 39.2. The van der Waals surface area contributed by atoms with E-state index in [0.717, 1.165) is 12.0 Å². The number of nitrogens with one attached hydrogen (secondary N) is 2. The first-order valence-electron chi connectivity index (χ1n) is 8.70. The van der Waals surface area contributed by atoms with Gasteiger partial charge in [0.05, 0.1) is 6.54 Å². The molecule has 7 heteroatoms. The van der Waals surface area contributed by atoms with Crippen LogP contribution in [0.25, 0.3) is 0 Å². The molecule has 1 fully saturated rings. The topological polar surface area (TPSA) is 81.8 Å². The van der Waals surface area contributed by atoms with Crippen molar-refractivity contribution in [3.05, 3.63) is 35.9 Å². The van der Waals surface area contributed by atoms with Crippen molar-refractivity contribution in [1.82, 2.24) is 20.4 Å². The largest absolute Gasteiger partial charge is 0.340 e. The monoisotopic (exact) mass is 346 g/mol. The van der Waals surface area contributed by atoms with Crippen LogP contribution in [-0.4, -0.2) is 66.9 Å². The quantitative estimate of drug-likeness (QED) is 0.791. The maximum absolute atomic E-state index is 12.3. The molecule has 1 aliphatic heterocycles. The van der Waals surface area contributed by atoms with Crippen LogP contribution in [0.15, 0.2) is 30.3 Å². The van der Waals surface area contributed by atoms with Crippen LogP contribution in [0, 0.1) is 0 Å². The zero-order valence-electron chi connectivity index (χ0n) is 14.7. The van der Waals surface area contributed by atoms with Crippen LogP contribution < -0.4 is 10.6 Å². The van der Waals surface area contributed by atoms with Gasteiger partial charge in [-0.3, -0.25) is 19.8 Å². The summed E-state index contributed by atoms with van der Waals surface area (Å²) in [6.45, 7) is 4.94. The summed E-state index contributed by atoms with van der Waals surface area (Å²) in [6.07, 6.45) is 1.25. The van der Waals surface area contributed by atoms with Gasteiger partial charge >= 0.3 is 6.03 Å². The van der Waals surface area contributed by atoms with Gasteiger partial charge in [-0.25, -0.2) is 4.79 Å². The Bertz CT molecular complexity index is 583. The molecule has 4 amide bonds. The maximum atomic E-state index is 12.3. The van der Waals surface area contributed by atoms with Gasteiger partial charge in [0, 0.05) is 39.1 Å². The molecule has 0 bridgehead atoms. The predicted octanol–water partition coefficient (Wildman–Crippen LogP) is 0.609. The first kappa shape index (κ1) is 18.9. The molecule has 2 rings (SSSR count). The molecule has 25 heavy (non-hydrogen) atoms. The minimum Gasteiger partial charge on any atom is -0.340 e. The van der Waals surface area contributed by atoms with E-state index in [1.165, 1.54) is 0 Å². The van der Waals surface area contributed by atoms with E-state index >= 15 is 0 Å². The number of imide groups is 1. The van der Waals surface area contributed by atoms with E-state index in [9.17, 15) is 14.4 Å². The minimum absolute atomic E-state index is 0.148. The van der Waals surface area contributed by atoms with Gasteiger partial charge < -0.3 is 10.2 Å². The summed E-state index contributed by atoms with van der Waals surface area (Å²) in [5, 5.41) is 4.81. The van der Waals surface area contributed by atoms with Crippen LogP contribution in [0.5, 0.6) is 0 Å². The van der Waals surface area contributed by atoms with Crippen molar-refractivity contribution in [1.29, 1.82) is 0 Å². The summed E-state index contributed by atoms with van der Waals surface area (Å²) in [5.41, 5.74) is 1.16. The molecule has 136 valence electrons. The molecule has 0 atom stereocenters. The van der Waals surface area contributed by atoms with Gasteiger partial charge in [0.15, 0.2) is 0 Å². The number of piperazine rings is 1. The molecule has 0 spiro atoms. The van der Waals surface area contributed by atoms with E-state index in [-0.39, 0.29) is 18.4 Å². The molecule has 7 nitrogen and oxygen atoms in total. The summed E-state index contributed by atoms with van der Waals surface area (Å²) in [5.74, 6) is -0.176. The molecule has 0 unspecified atom stereocenters. The number of carbonyl (C=O) groups is 3. The van der Waals surface area contributed by atoms with Gasteiger partial charge in [0.25, 0.3) is 0 Å². The minimum atomic E-state index is -0.470. The second-order valence-electron chi connectivity index (χ2n) is 6.05. The molecule has 1 aromatic rings. The van der Waals surface area contributed by atoms with Crippen molar-refractivity contribution in [3.63, 3.8) is 0 Å². The van der Waals surface area contributed by atoms with E-state index in [1.54, 1.807) is 6.92 Å². The molecule has 0 radical (unpaired) electrons. The van der Waals surface area contributed by atoms with Crippen molar-refractivity contribution in [2.75, 3.05) is 39.3 Å². The van der Waals surface area contributed by atoms with E-state index in [1.807, 2.05) is 40.1 Å². The highest BCUT2D eigenvalue weighted by Crippen LogP contribution is 2.07. The molecular formula is C18H26N4O3. The average Bonchev–Trinajstić information content (AvgIpc) is 2.61. The zero-order valence-corrected chi connectivity index (χ0v) is 14.7. The lowest BCUT2D eigenvalue weighted by atomic mass is 10.1. The van der Waals surface area contributed by atoms with E-state index in [4.69, 9.17) is 0 Å². The van der Waals surface area contributed by atoms with E-state index < -0.39 is 6.03 Å². The van der Waals surface area contributed by atoms with Crippen molar-refractivity contribution in [3.8, 4) is 0 Å². The summed E-state index contributed by atoms with van der Waals surface area (Å²) in [6, 6.07) is 9.50. The normalized spacial score (nSPS) is 14.8. The number of aryl methyl sites for hydroxylation is 1. The molecule has 0 saturated carbocycles. The van der Waals surface area contributed by atoms with Crippen molar-refractivity contribution in [2.24, 2.45) is 0 Å². The average molecular weight is 346 g/mol. The summed E-state index contributed by atoms with van der Waals surface area (Å²) in [7, 11) is 0. The van der Waals surface area contributed by atoms with Crippen molar-refractivity contribution < 1.29 is 14.4 Å². The lowest BCUT2D eigenvalue weighted by Gasteiger charge is -2.34. The second kappa shape index (κ2) is 9.78. The standard InChI is InChI=1S/C18H26N4O3/c1-2-19-18(25)20-16(23)14-21-10-12-22(13-11-21)17(24)9-8-15-6-4-3-5-7-15/h3-7H,2,8-14H2,1H3,(H2,19,20,23,25). The number of carbonyl (C=O) groups excluding carboxylic acids is 3.